The number of likely N-dealkylation sites (tertiary alicyclic amines) is 1. The minimum atomic E-state index is -1.16. The van der Waals surface area contributed by atoms with Crippen molar-refractivity contribution in [3.8, 4) is 0 Å². The maximum absolute atomic E-state index is 12.0. The maximum Gasteiger partial charge on any atom is 0.326 e. The van der Waals surface area contributed by atoms with E-state index < -0.39 is 23.8 Å². The van der Waals surface area contributed by atoms with Gasteiger partial charge in [-0.15, -0.1) is 0 Å². The van der Waals surface area contributed by atoms with Crippen LogP contribution in [0.3, 0.4) is 0 Å². The zero-order valence-electron chi connectivity index (χ0n) is 9.37. The van der Waals surface area contributed by atoms with Crippen molar-refractivity contribution in [2.45, 2.75) is 19.4 Å². The first-order valence-corrected chi connectivity index (χ1v) is 5.46. The molecule has 1 aliphatic heterocycles. The van der Waals surface area contributed by atoms with E-state index in [0.29, 0.717) is 0 Å². The van der Waals surface area contributed by atoms with Crippen LogP contribution in [0.25, 0.3) is 0 Å². The van der Waals surface area contributed by atoms with E-state index in [-0.39, 0.29) is 18.2 Å². The third-order valence-electron chi connectivity index (χ3n) is 3.20. The first-order valence-electron chi connectivity index (χ1n) is 5.46. The molecule has 0 aromatic carbocycles. The van der Waals surface area contributed by atoms with Gasteiger partial charge in [-0.05, 0) is 6.92 Å². The number of carbonyl (C=O) groups excluding carboxylic acids is 2. The van der Waals surface area contributed by atoms with Crippen molar-refractivity contribution in [2.75, 3.05) is 0 Å². The van der Waals surface area contributed by atoms with Crippen LogP contribution in [0.15, 0.2) is 24.3 Å². The van der Waals surface area contributed by atoms with Gasteiger partial charge in [0.2, 0.25) is 11.8 Å². The zero-order chi connectivity index (χ0) is 12.6. The summed E-state index contributed by atoms with van der Waals surface area (Å²) < 4.78 is 0. The van der Waals surface area contributed by atoms with E-state index in [2.05, 4.69) is 0 Å². The summed E-state index contributed by atoms with van der Waals surface area (Å²) in [5, 5.41) is 8.86. The molecule has 0 radical (unpaired) electrons. The first kappa shape index (κ1) is 11.6. The molecule has 5 heteroatoms. The van der Waals surface area contributed by atoms with Crippen molar-refractivity contribution in [2.24, 2.45) is 11.8 Å². The predicted molar refractivity (Wildman–Crippen MR) is 58.8 cm³/mol. The molecule has 2 atom stereocenters. The fourth-order valence-corrected chi connectivity index (χ4v) is 2.21. The molecule has 0 bridgehead atoms. The van der Waals surface area contributed by atoms with E-state index in [4.69, 9.17) is 5.11 Å². The molecule has 2 amide bonds. The highest BCUT2D eigenvalue weighted by Gasteiger charge is 2.45. The third kappa shape index (κ3) is 1.88. The minimum absolute atomic E-state index is 0.0857. The lowest BCUT2D eigenvalue weighted by atomic mass is 9.92. The number of imide groups is 1. The topological polar surface area (TPSA) is 74.7 Å². The standard InChI is InChI=1S/C12H13NO4/c1-7(12(16)17)13-10(14)6-9(11(13)15)8-4-2-3-5-8/h2-5,7-9H,6H2,1H3,(H,16,17). The fourth-order valence-electron chi connectivity index (χ4n) is 2.21. The number of nitrogens with zero attached hydrogens (tertiary/aromatic N) is 1. The van der Waals surface area contributed by atoms with Crippen LogP contribution in [0.2, 0.25) is 0 Å². The molecule has 2 aliphatic rings. The predicted octanol–water partition coefficient (Wildman–Crippen LogP) is 0.577. The second-order valence-electron chi connectivity index (χ2n) is 4.27. The van der Waals surface area contributed by atoms with E-state index in [1.807, 2.05) is 24.3 Å². The van der Waals surface area contributed by atoms with Crippen LogP contribution in [-0.2, 0) is 14.4 Å². The lowest BCUT2D eigenvalue weighted by Crippen LogP contribution is -2.43. The molecule has 2 rings (SSSR count). The summed E-state index contributed by atoms with van der Waals surface area (Å²) in [6.07, 6.45) is 7.45. The highest BCUT2D eigenvalue weighted by atomic mass is 16.4. The Labute approximate surface area is 98.4 Å². The minimum Gasteiger partial charge on any atom is -0.480 e. The van der Waals surface area contributed by atoms with Gasteiger partial charge in [0.15, 0.2) is 0 Å². The van der Waals surface area contributed by atoms with E-state index in [1.54, 1.807) is 0 Å². The van der Waals surface area contributed by atoms with Crippen LogP contribution in [0, 0.1) is 11.8 Å². The van der Waals surface area contributed by atoms with Crippen molar-refractivity contribution < 1.29 is 19.5 Å². The van der Waals surface area contributed by atoms with Crippen molar-refractivity contribution in [1.29, 1.82) is 0 Å². The quantitative estimate of drug-likeness (QED) is 0.726. The molecule has 0 aromatic rings. The summed E-state index contributed by atoms with van der Waals surface area (Å²) in [5.74, 6) is -2.48. The van der Waals surface area contributed by atoms with Crippen LogP contribution in [0.4, 0.5) is 0 Å². The zero-order valence-corrected chi connectivity index (χ0v) is 9.37. The number of aliphatic carboxylic acids is 1. The Bertz CT molecular complexity index is 426. The second kappa shape index (κ2) is 4.16. The number of hydrogen-bond acceptors (Lipinski definition) is 3. The highest BCUT2D eigenvalue weighted by molar-refractivity contribution is 6.06. The number of carbonyl (C=O) groups is 3. The molecular weight excluding hydrogens is 222 g/mol. The van der Waals surface area contributed by atoms with Gasteiger partial charge in [0.05, 0.1) is 5.92 Å². The molecule has 2 unspecified atom stereocenters. The van der Waals surface area contributed by atoms with Gasteiger partial charge in [-0.1, -0.05) is 24.3 Å². The summed E-state index contributed by atoms with van der Waals surface area (Å²) in [6, 6.07) is -1.09. The van der Waals surface area contributed by atoms with Crippen LogP contribution >= 0.6 is 0 Å². The van der Waals surface area contributed by atoms with Gasteiger partial charge in [0, 0.05) is 12.3 Å². The molecule has 1 aliphatic carbocycles. The molecule has 17 heavy (non-hydrogen) atoms. The lowest BCUT2D eigenvalue weighted by molar-refractivity contribution is -0.154. The average Bonchev–Trinajstić information content (AvgIpc) is 2.86. The number of carboxylic acids is 1. The van der Waals surface area contributed by atoms with Crippen LogP contribution in [0.1, 0.15) is 13.3 Å². The summed E-state index contributed by atoms with van der Waals surface area (Å²) in [7, 11) is 0. The molecule has 0 saturated carbocycles. The van der Waals surface area contributed by atoms with E-state index >= 15 is 0 Å². The summed E-state index contributed by atoms with van der Waals surface area (Å²) >= 11 is 0. The molecular formula is C12H13NO4. The first-order chi connectivity index (χ1) is 8.02. The maximum atomic E-state index is 12.0. The Hall–Kier alpha value is -1.91. The molecule has 90 valence electrons. The molecule has 1 N–H and O–H groups in total. The van der Waals surface area contributed by atoms with Crippen LogP contribution in [0.5, 0.6) is 0 Å². The van der Waals surface area contributed by atoms with Crippen molar-refractivity contribution in [3.05, 3.63) is 24.3 Å². The normalized spacial score (nSPS) is 25.9. The average molecular weight is 235 g/mol. The summed E-state index contributed by atoms with van der Waals surface area (Å²) in [6.45, 7) is 1.35. The lowest BCUT2D eigenvalue weighted by Gasteiger charge is -2.20. The number of carboxylic acid groups (broad SMARTS) is 1. The van der Waals surface area contributed by atoms with Crippen molar-refractivity contribution >= 4 is 17.8 Å². The molecule has 0 aromatic heterocycles. The number of amides is 2. The van der Waals surface area contributed by atoms with Gasteiger partial charge >= 0.3 is 5.97 Å². The molecule has 0 spiro atoms. The van der Waals surface area contributed by atoms with Crippen molar-refractivity contribution in [3.63, 3.8) is 0 Å². The van der Waals surface area contributed by atoms with Crippen LogP contribution < -0.4 is 0 Å². The number of allylic oxidation sites excluding steroid dienone is 4. The van der Waals surface area contributed by atoms with Crippen LogP contribution in [-0.4, -0.2) is 33.8 Å². The molecule has 1 fully saturated rings. The Morgan fingerprint density at radius 1 is 1.41 bits per heavy atom. The monoisotopic (exact) mass is 235 g/mol. The Balaban J connectivity index is 2.19. The fraction of sp³-hybridized carbons (Fsp3) is 0.417. The molecule has 1 heterocycles. The highest BCUT2D eigenvalue weighted by Crippen LogP contribution is 2.31. The molecule has 5 nitrogen and oxygen atoms in total. The van der Waals surface area contributed by atoms with E-state index in [1.165, 1.54) is 6.92 Å². The van der Waals surface area contributed by atoms with Gasteiger partial charge in [-0.2, -0.15) is 0 Å². The summed E-state index contributed by atoms with van der Waals surface area (Å²) in [4.78, 5) is 35.4. The van der Waals surface area contributed by atoms with Gasteiger partial charge in [0.1, 0.15) is 6.04 Å². The van der Waals surface area contributed by atoms with Gasteiger partial charge in [0.25, 0.3) is 0 Å². The second-order valence-corrected chi connectivity index (χ2v) is 4.27. The van der Waals surface area contributed by atoms with Gasteiger partial charge in [-0.25, -0.2) is 4.79 Å². The van der Waals surface area contributed by atoms with Gasteiger partial charge in [-0.3, -0.25) is 14.5 Å². The Morgan fingerprint density at radius 2 is 2.00 bits per heavy atom. The van der Waals surface area contributed by atoms with E-state index in [0.717, 1.165) is 4.90 Å². The third-order valence-corrected chi connectivity index (χ3v) is 3.20. The Morgan fingerprint density at radius 3 is 2.53 bits per heavy atom. The Kier molecular flexibility index (Phi) is 2.83. The summed E-state index contributed by atoms with van der Waals surface area (Å²) in [5.41, 5.74) is 0. The number of rotatable bonds is 3. The molecule has 1 saturated heterocycles. The van der Waals surface area contributed by atoms with Crippen molar-refractivity contribution in [1.82, 2.24) is 4.90 Å². The van der Waals surface area contributed by atoms with E-state index in [9.17, 15) is 14.4 Å². The largest absolute Gasteiger partial charge is 0.480 e. The SMILES string of the molecule is CC(C(=O)O)N1C(=O)CC(C2C=CC=C2)C1=O. The van der Waals surface area contributed by atoms with Gasteiger partial charge < -0.3 is 5.11 Å². The smallest absolute Gasteiger partial charge is 0.326 e. The number of hydrogen-bond donors (Lipinski definition) is 1.